The van der Waals surface area contributed by atoms with Crippen molar-refractivity contribution >= 4 is 23.7 Å². The molecule has 0 heterocycles. The van der Waals surface area contributed by atoms with Crippen LogP contribution in [0.1, 0.15) is 20.8 Å². The summed E-state index contributed by atoms with van der Waals surface area (Å²) in [5, 5.41) is 0. The third-order valence-corrected chi connectivity index (χ3v) is 1.41. The smallest absolute Gasteiger partial charge is 0.434 e. The first-order chi connectivity index (χ1) is 8.06. The maximum absolute atomic E-state index is 11.3. The first kappa shape index (κ1) is 15.1. The van der Waals surface area contributed by atoms with E-state index in [0.717, 1.165) is 0 Å². The highest BCUT2D eigenvalue weighted by Gasteiger charge is 2.25. The lowest BCUT2D eigenvalue weighted by Gasteiger charge is -2.04. The maximum atomic E-state index is 11.3. The van der Waals surface area contributed by atoms with E-state index in [2.05, 4.69) is 19.2 Å². The molecule has 0 fully saturated rings. The van der Waals surface area contributed by atoms with Gasteiger partial charge < -0.3 is 14.2 Å². The Kier molecular flexibility index (Phi) is 7.32. The van der Waals surface area contributed by atoms with Gasteiger partial charge in [-0.05, 0) is 20.8 Å². The van der Waals surface area contributed by atoms with Crippen molar-refractivity contribution in [3.05, 3.63) is 0 Å². The van der Waals surface area contributed by atoms with Crippen molar-refractivity contribution in [2.24, 2.45) is 4.99 Å². The van der Waals surface area contributed by atoms with Gasteiger partial charge in [-0.25, -0.2) is 14.4 Å². The largest absolute Gasteiger partial charge is 0.461 e. The average molecular weight is 245 g/mol. The molecule has 0 aliphatic heterocycles. The van der Waals surface area contributed by atoms with Gasteiger partial charge in [-0.1, -0.05) is 0 Å². The van der Waals surface area contributed by atoms with Gasteiger partial charge in [0.1, 0.15) is 0 Å². The van der Waals surface area contributed by atoms with E-state index >= 15 is 0 Å². The third-order valence-electron chi connectivity index (χ3n) is 1.41. The summed E-state index contributed by atoms with van der Waals surface area (Å²) in [4.78, 5) is 36.9. The number of hydrogen-bond donors (Lipinski definition) is 0. The van der Waals surface area contributed by atoms with E-state index < -0.39 is 23.7 Å². The molecule has 0 spiro atoms. The number of hydrogen-bond acceptors (Lipinski definition) is 6. The summed E-state index contributed by atoms with van der Waals surface area (Å²) >= 11 is 0. The minimum Gasteiger partial charge on any atom is -0.461 e. The Labute approximate surface area is 98.7 Å². The molecule has 96 valence electrons. The van der Waals surface area contributed by atoms with Gasteiger partial charge in [-0.2, -0.15) is 4.99 Å². The quantitative estimate of drug-likeness (QED) is 0.306. The molecule has 0 saturated heterocycles. The van der Waals surface area contributed by atoms with Gasteiger partial charge in [0.2, 0.25) is 5.71 Å². The van der Waals surface area contributed by atoms with Crippen LogP contribution in [0, 0.1) is 0 Å². The van der Waals surface area contributed by atoms with Crippen LogP contribution in [-0.2, 0) is 23.8 Å². The Hall–Kier alpha value is -1.92. The molecule has 7 heteroatoms. The number of ether oxygens (including phenoxy) is 3. The van der Waals surface area contributed by atoms with Crippen molar-refractivity contribution in [3.63, 3.8) is 0 Å². The molecule has 7 nitrogen and oxygen atoms in total. The monoisotopic (exact) mass is 245 g/mol. The van der Waals surface area contributed by atoms with E-state index in [1.807, 2.05) is 0 Å². The number of amides is 1. The lowest BCUT2D eigenvalue weighted by atomic mass is 10.4. The molecule has 1 amide bonds. The van der Waals surface area contributed by atoms with E-state index in [0.29, 0.717) is 0 Å². The van der Waals surface area contributed by atoms with E-state index in [-0.39, 0.29) is 19.8 Å². The molecule has 0 aromatic rings. The Morgan fingerprint density at radius 1 is 0.824 bits per heavy atom. The lowest BCUT2D eigenvalue weighted by molar-refractivity contribution is -0.140. The number of rotatable bonds is 5. The van der Waals surface area contributed by atoms with Gasteiger partial charge >= 0.3 is 18.0 Å². The predicted molar refractivity (Wildman–Crippen MR) is 57.7 cm³/mol. The minimum atomic E-state index is -1.04. The Morgan fingerprint density at radius 2 is 1.24 bits per heavy atom. The van der Waals surface area contributed by atoms with Crippen LogP contribution in [0.15, 0.2) is 4.99 Å². The summed E-state index contributed by atoms with van der Waals surface area (Å²) in [7, 11) is 0. The van der Waals surface area contributed by atoms with Crippen LogP contribution in [0.2, 0.25) is 0 Å². The molecule has 0 atom stereocenters. The van der Waals surface area contributed by atoms with Crippen LogP contribution in [0.4, 0.5) is 4.79 Å². The zero-order valence-corrected chi connectivity index (χ0v) is 10.0. The van der Waals surface area contributed by atoms with E-state index in [1.54, 1.807) is 20.8 Å². The van der Waals surface area contributed by atoms with Gasteiger partial charge in [-0.3, -0.25) is 0 Å². The normalized spacial score (nSPS) is 9.12. The van der Waals surface area contributed by atoms with Crippen molar-refractivity contribution in [2.45, 2.75) is 20.8 Å². The molecule has 0 rings (SSSR count). The molecule has 0 saturated carbocycles. The number of carbonyl (C=O) groups excluding carboxylic acids is 3. The molecule has 17 heavy (non-hydrogen) atoms. The fourth-order valence-electron chi connectivity index (χ4n) is 0.821. The Bertz CT molecular complexity index is 303. The fourth-order valence-corrected chi connectivity index (χ4v) is 0.821. The van der Waals surface area contributed by atoms with Gasteiger partial charge in [0.15, 0.2) is 0 Å². The van der Waals surface area contributed by atoms with E-state index in [9.17, 15) is 14.4 Å². The number of aliphatic imine (C=N–C) groups is 1. The fraction of sp³-hybridized carbons (Fsp3) is 0.600. The number of esters is 2. The van der Waals surface area contributed by atoms with Crippen LogP contribution in [0.25, 0.3) is 0 Å². The highest BCUT2D eigenvalue weighted by molar-refractivity contribution is 6.63. The maximum Gasteiger partial charge on any atom is 0.434 e. The zero-order chi connectivity index (χ0) is 13.3. The number of nitrogens with zero attached hydrogens (tertiary/aromatic N) is 1. The van der Waals surface area contributed by atoms with Gasteiger partial charge in [0.05, 0.1) is 19.8 Å². The molecule has 0 N–H and O–H groups in total. The lowest BCUT2D eigenvalue weighted by Crippen LogP contribution is -2.29. The van der Waals surface area contributed by atoms with Gasteiger partial charge in [0.25, 0.3) is 0 Å². The molecule has 0 aliphatic carbocycles. The summed E-state index contributed by atoms with van der Waals surface area (Å²) in [5.41, 5.74) is -0.716. The number of carbonyl (C=O) groups is 3. The molecule has 0 unspecified atom stereocenters. The van der Waals surface area contributed by atoms with Crippen LogP contribution in [0.3, 0.4) is 0 Å². The minimum absolute atomic E-state index is 0.0556. The molecule has 0 aromatic carbocycles. The first-order valence-electron chi connectivity index (χ1n) is 5.16. The summed E-state index contributed by atoms with van der Waals surface area (Å²) in [6.07, 6.45) is -1.04. The molecule has 0 aliphatic rings. The molecule has 0 radical (unpaired) electrons. The predicted octanol–water partition coefficient (Wildman–Crippen LogP) is 0.710. The highest BCUT2D eigenvalue weighted by atomic mass is 16.6. The van der Waals surface area contributed by atoms with Crippen molar-refractivity contribution in [2.75, 3.05) is 19.8 Å². The van der Waals surface area contributed by atoms with Crippen LogP contribution >= 0.6 is 0 Å². The van der Waals surface area contributed by atoms with Crippen molar-refractivity contribution in [1.82, 2.24) is 0 Å². The standard InChI is InChI=1S/C10H15NO6/c1-4-15-8(12)7(9(13)16-5-2)11-10(14)17-6-3/h4-6H2,1-3H3. The summed E-state index contributed by atoms with van der Waals surface area (Å²) < 4.78 is 13.6. The van der Waals surface area contributed by atoms with Gasteiger partial charge in [0, 0.05) is 0 Å². The second-order valence-electron chi connectivity index (χ2n) is 2.60. The highest BCUT2D eigenvalue weighted by Crippen LogP contribution is 1.94. The first-order valence-corrected chi connectivity index (χ1v) is 5.16. The summed E-state index contributed by atoms with van der Waals surface area (Å²) in [6, 6.07) is 0. The molecular weight excluding hydrogens is 230 g/mol. The Balaban J connectivity index is 4.89. The molecular formula is C10H15NO6. The topological polar surface area (TPSA) is 91.3 Å². The molecule has 0 aromatic heterocycles. The SMILES string of the molecule is CCOC(=O)N=C(C(=O)OCC)C(=O)OCC. The van der Waals surface area contributed by atoms with E-state index in [1.165, 1.54) is 0 Å². The van der Waals surface area contributed by atoms with Crippen molar-refractivity contribution in [1.29, 1.82) is 0 Å². The molecule has 0 bridgehead atoms. The summed E-state index contributed by atoms with van der Waals surface area (Å²) in [6.45, 7) is 4.89. The zero-order valence-electron chi connectivity index (χ0n) is 10.0. The third kappa shape index (κ3) is 5.64. The second-order valence-corrected chi connectivity index (χ2v) is 2.60. The van der Waals surface area contributed by atoms with Crippen molar-refractivity contribution in [3.8, 4) is 0 Å². The Morgan fingerprint density at radius 3 is 1.59 bits per heavy atom. The van der Waals surface area contributed by atoms with Crippen LogP contribution < -0.4 is 0 Å². The van der Waals surface area contributed by atoms with Crippen LogP contribution in [0.5, 0.6) is 0 Å². The second kappa shape index (κ2) is 8.26. The van der Waals surface area contributed by atoms with Crippen LogP contribution in [-0.4, -0.2) is 43.6 Å². The average Bonchev–Trinajstić information content (AvgIpc) is 2.26. The van der Waals surface area contributed by atoms with Crippen molar-refractivity contribution < 1.29 is 28.6 Å². The summed E-state index contributed by atoms with van der Waals surface area (Å²) in [5.74, 6) is -2.03. The van der Waals surface area contributed by atoms with Gasteiger partial charge in [-0.15, -0.1) is 0 Å². The van der Waals surface area contributed by atoms with E-state index in [4.69, 9.17) is 0 Å².